The summed E-state index contributed by atoms with van der Waals surface area (Å²) in [5.74, 6) is 0. The largest absolute Gasteiger partial charge is 0.288 e. The second-order valence-electron chi connectivity index (χ2n) is 4.35. The van der Waals surface area contributed by atoms with Gasteiger partial charge in [0.2, 0.25) is 0 Å². The second kappa shape index (κ2) is 3.14. The molecular weight excluding hydrogens is 208 g/mol. The predicted octanol–water partition coefficient (Wildman–Crippen LogP) is 1.60. The van der Waals surface area contributed by atoms with Crippen LogP contribution in [0.5, 0.6) is 0 Å². The van der Waals surface area contributed by atoms with Crippen molar-refractivity contribution < 1.29 is 0 Å². The molecule has 2 heteroatoms. The number of hydrogen-bond acceptors (Lipinski definition) is 2. The Balaban J connectivity index is 2.24. The number of fused-ring (bicyclic) bond motifs is 3. The normalized spacial score (nSPS) is 14.4. The maximum atomic E-state index is 4.66. The molecule has 0 atom stereocenters. The van der Waals surface area contributed by atoms with Gasteiger partial charge in [0.25, 0.3) is 0 Å². The van der Waals surface area contributed by atoms with E-state index in [1.54, 1.807) is 0 Å². The molecule has 0 aromatic heterocycles. The molecule has 0 fully saturated rings. The Morgan fingerprint density at radius 2 is 1.94 bits per heavy atom. The molecular formula is C15H10N2. The van der Waals surface area contributed by atoms with Gasteiger partial charge in [0.05, 0.1) is 17.6 Å². The molecule has 2 aliphatic heterocycles. The van der Waals surface area contributed by atoms with Gasteiger partial charge in [-0.3, -0.25) is 4.99 Å². The molecule has 17 heavy (non-hydrogen) atoms. The van der Waals surface area contributed by atoms with Gasteiger partial charge in [-0.25, -0.2) is 4.99 Å². The van der Waals surface area contributed by atoms with Crippen LogP contribution in [0.25, 0.3) is 6.08 Å². The maximum absolute atomic E-state index is 4.66. The Kier molecular flexibility index (Phi) is 1.64. The fraction of sp³-hybridized carbons (Fsp3) is 0.0667. The molecule has 0 saturated carbocycles. The van der Waals surface area contributed by atoms with Crippen molar-refractivity contribution in [2.45, 2.75) is 6.54 Å². The van der Waals surface area contributed by atoms with E-state index in [1.807, 2.05) is 12.3 Å². The van der Waals surface area contributed by atoms with Crippen LogP contribution in [-0.4, -0.2) is 6.21 Å². The van der Waals surface area contributed by atoms with Crippen molar-refractivity contribution in [1.29, 1.82) is 0 Å². The van der Waals surface area contributed by atoms with Crippen LogP contribution in [0.4, 0.5) is 5.69 Å². The lowest BCUT2D eigenvalue weighted by atomic mass is 10.1. The number of hydrogen-bond donors (Lipinski definition) is 0. The van der Waals surface area contributed by atoms with Crippen LogP contribution >= 0.6 is 0 Å². The van der Waals surface area contributed by atoms with Gasteiger partial charge in [0.1, 0.15) is 0 Å². The Morgan fingerprint density at radius 3 is 2.94 bits per heavy atom. The molecule has 80 valence electrons. The first-order valence-electron chi connectivity index (χ1n) is 5.73. The third-order valence-corrected chi connectivity index (χ3v) is 3.31. The Hall–Kier alpha value is -2.22. The SMILES string of the molecule is C1=NCc2cc3c(cc2=C1)N=c1ccccc1=3. The van der Waals surface area contributed by atoms with Gasteiger partial charge in [0.15, 0.2) is 0 Å². The van der Waals surface area contributed by atoms with Gasteiger partial charge in [-0.15, -0.1) is 0 Å². The summed E-state index contributed by atoms with van der Waals surface area (Å²) in [5.41, 5.74) is 2.37. The van der Waals surface area contributed by atoms with E-state index in [0.717, 1.165) is 17.6 Å². The van der Waals surface area contributed by atoms with Crippen molar-refractivity contribution in [2.75, 3.05) is 0 Å². The average molecular weight is 218 g/mol. The number of rotatable bonds is 0. The Labute approximate surface area is 98.0 Å². The first kappa shape index (κ1) is 8.88. The molecule has 0 spiro atoms. The molecule has 0 saturated heterocycles. The van der Waals surface area contributed by atoms with Crippen molar-refractivity contribution in [2.24, 2.45) is 9.98 Å². The predicted molar refractivity (Wildman–Crippen MR) is 67.7 cm³/mol. The summed E-state index contributed by atoms with van der Waals surface area (Å²) in [6.45, 7) is 0.779. The topological polar surface area (TPSA) is 24.7 Å². The van der Waals surface area contributed by atoms with Crippen LogP contribution in [0.2, 0.25) is 0 Å². The van der Waals surface area contributed by atoms with Gasteiger partial charge >= 0.3 is 0 Å². The van der Waals surface area contributed by atoms with Crippen LogP contribution in [0.15, 0.2) is 46.4 Å². The fourth-order valence-electron chi connectivity index (χ4n) is 2.46. The van der Waals surface area contributed by atoms with Crippen LogP contribution in [0, 0.1) is 10.4 Å². The van der Waals surface area contributed by atoms with Crippen molar-refractivity contribution in [3.63, 3.8) is 0 Å². The van der Waals surface area contributed by atoms with Crippen LogP contribution < -0.4 is 10.6 Å². The summed E-state index contributed by atoms with van der Waals surface area (Å²) in [6.07, 6.45) is 3.93. The summed E-state index contributed by atoms with van der Waals surface area (Å²) in [5, 5.41) is 4.80. The minimum atomic E-state index is 0.779. The zero-order valence-electron chi connectivity index (χ0n) is 9.22. The summed E-state index contributed by atoms with van der Waals surface area (Å²) in [4.78, 5) is 8.95. The third kappa shape index (κ3) is 1.21. The van der Waals surface area contributed by atoms with E-state index >= 15 is 0 Å². The highest BCUT2D eigenvalue weighted by Crippen LogP contribution is 2.17. The van der Waals surface area contributed by atoms with Gasteiger partial charge in [-0.05, 0) is 35.1 Å². The molecule has 2 aromatic carbocycles. The maximum Gasteiger partial charge on any atom is 0.0722 e. The lowest BCUT2D eigenvalue weighted by Gasteiger charge is -2.03. The van der Waals surface area contributed by atoms with Crippen molar-refractivity contribution in [3.05, 3.63) is 63.0 Å². The molecule has 0 bridgehead atoms. The van der Waals surface area contributed by atoms with E-state index in [4.69, 9.17) is 0 Å². The Morgan fingerprint density at radius 1 is 1.00 bits per heavy atom. The number of aliphatic imine (C=N–C) groups is 1. The lowest BCUT2D eigenvalue weighted by Crippen LogP contribution is -2.11. The highest BCUT2D eigenvalue weighted by molar-refractivity contribution is 5.92. The molecule has 0 N–H and O–H groups in total. The summed E-state index contributed by atoms with van der Waals surface area (Å²) >= 11 is 0. The van der Waals surface area contributed by atoms with E-state index in [-0.39, 0.29) is 0 Å². The smallest absolute Gasteiger partial charge is 0.0722 e. The number of nitrogens with zero attached hydrogens (tertiary/aromatic N) is 2. The van der Waals surface area contributed by atoms with Crippen LogP contribution in [0.1, 0.15) is 5.56 Å². The van der Waals surface area contributed by atoms with Gasteiger partial charge in [-0.1, -0.05) is 18.2 Å². The van der Waals surface area contributed by atoms with Crippen LogP contribution in [-0.2, 0) is 6.54 Å². The zero-order valence-corrected chi connectivity index (χ0v) is 9.22. The summed E-state index contributed by atoms with van der Waals surface area (Å²) < 4.78 is 0. The van der Waals surface area contributed by atoms with Crippen molar-refractivity contribution in [1.82, 2.24) is 0 Å². The van der Waals surface area contributed by atoms with E-state index in [2.05, 4.69) is 46.4 Å². The quantitative estimate of drug-likeness (QED) is 0.547. The van der Waals surface area contributed by atoms with Crippen molar-refractivity contribution >= 4 is 18.0 Å². The van der Waals surface area contributed by atoms with Gasteiger partial charge in [-0.2, -0.15) is 0 Å². The minimum absolute atomic E-state index is 0.779. The highest BCUT2D eigenvalue weighted by atomic mass is 14.7. The lowest BCUT2D eigenvalue weighted by molar-refractivity contribution is 1.05. The molecule has 2 heterocycles. The molecule has 0 unspecified atom stereocenters. The average Bonchev–Trinajstić information content (AvgIpc) is 2.73. The van der Waals surface area contributed by atoms with Gasteiger partial charge in [0, 0.05) is 16.7 Å². The molecule has 4 rings (SSSR count). The molecule has 2 aliphatic rings. The molecule has 2 aromatic rings. The zero-order chi connectivity index (χ0) is 11.2. The molecule has 0 amide bonds. The van der Waals surface area contributed by atoms with E-state index in [9.17, 15) is 0 Å². The standard InChI is InChI=1S/C15H10N2/c1-2-4-14-12(3-1)13-7-11-9-16-6-5-10(11)8-15(13)17-14/h1-8H,9H2. The van der Waals surface area contributed by atoms with E-state index < -0.39 is 0 Å². The Bertz CT molecular complexity index is 861. The number of benzene rings is 2. The first-order valence-corrected chi connectivity index (χ1v) is 5.73. The monoisotopic (exact) mass is 218 g/mol. The molecule has 0 aliphatic carbocycles. The minimum Gasteiger partial charge on any atom is -0.288 e. The first-order chi connectivity index (χ1) is 8.42. The van der Waals surface area contributed by atoms with Crippen LogP contribution in [0.3, 0.4) is 0 Å². The summed E-state index contributed by atoms with van der Waals surface area (Å²) in [6, 6.07) is 12.7. The molecule has 0 radical (unpaired) electrons. The van der Waals surface area contributed by atoms with Crippen molar-refractivity contribution in [3.8, 4) is 0 Å². The molecule has 2 nitrogen and oxygen atoms in total. The van der Waals surface area contributed by atoms with E-state index in [0.29, 0.717) is 0 Å². The fourth-order valence-corrected chi connectivity index (χ4v) is 2.46. The number of para-hydroxylation sites is 1. The highest BCUT2D eigenvalue weighted by Gasteiger charge is 2.07. The van der Waals surface area contributed by atoms with E-state index in [1.165, 1.54) is 21.2 Å². The second-order valence-corrected chi connectivity index (χ2v) is 4.35. The third-order valence-electron chi connectivity index (χ3n) is 3.31. The van der Waals surface area contributed by atoms with Gasteiger partial charge < -0.3 is 0 Å². The summed E-state index contributed by atoms with van der Waals surface area (Å²) in [7, 11) is 0.